The number of carbonyl (C=O) groups excluding carboxylic acids is 2. The molecule has 2 fully saturated rings. The Balaban J connectivity index is 1.67. The zero-order valence-corrected chi connectivity index (χ0v) is 17.2. The maximum atomic E-state index is 14.4. The topological polar surface area (TPSA) is 90.8 Å². The predicted molar refractivity (Wildman–Crippen MR) is 107 cm³/mol. The van der Waals surface area contributed by atoms with E-state index in [1.807, 2.05) is 0 Å². The van der Waals surface area contributed by atoms with Crippen LogP contribution in [0.4, 0.5) is 19.0 Å². The van der Waals surface area contributed by atoms with E-state index < -0.39 is 48.0 Å². The molecule has 1 N–H and O–H groups in total. The molecule has 2 heterocycles. The average Bonchev–Trinajstić information content (AvgIpc) is 2.70. The molecule has 1 saturated heterocycles. The van der Waals surface area contributed by atoms with E-state index in [9.17, 15) is 32.7 Å². The van der Waals surface area contributed by atoms with Crippen LogP contribution in [0.1, 0.15) is 30.4 Å². The van der Waals surface area contributed by atoms with Crippen LogP contribution in [0.25, 0.3) is 0 Å². The molecule has 1 aromatic heterocycles. The summed E-state index contributed by atoms with van der Waals surface area (Å²) in [6.07, 6.45) is -1.80. The molecule has 2 aromatic rings. The Morgan fingerprint density at radius 2 is 1.91 bits per heavy atom. The van der Waals surface area contributed by atoms with Crippen molar-refractivity contribution in [2.75, 3.05) is 11.4 Å². The minimum Gasteiger partial charge on any atom is -0.481 e. The maximum absolute atomic E-state index is 14.4. The van der Waals surface area contributed by atoms with Crippen molar-refractivity contribution in [2.24, 2.45) is 5.92 Å². The van der Waals surface area contributed by atoms with Crippen molar-refractivity contribution in [3.8, 4) is 0 Å². The fraction of sp³-hybridized carbons (Fsp3) is 0.333. The number of benzene rings is 1. The molecule has 32 heavy (non-hydrogen) atoms. The normalized spacial score (nSPS) is 23.1. The van der Waals surface area contributed by atoms with Crippen molar-refractivity contribution in [3.05, 3.63) is 58.5 Å². The van der Waals surface area contributed by atoms with E-state index in [2.05, 4.69) is 4.98 Å². The first-order valence-corrected chi connectivity index (χ1v) is 10.0. The van der Waals surface area contributed by atoms with Crippen molar-refractivity contribution < 1.29 is 32.7 Å². The number of halogens is 4. The maximum Gasteiger partial charge on any atom is 0.306 e. The second kappa shape index (κ2) is 8.09. The van der Waals surface area contributed by atoms with Gasteiger partial charge in [0.1, 0.15) is 12.1 Å². The first-order valence-electron chi connectivity index (χ1n) is 9.65. The van der Waals surface area contributed by atoms with Crippen molar-refractivity contribution in [1.82, 2.24) is 9.88 Å². The van der Waals surface area contributed by atoms with Gasteiger partial charge in [0.25, 0.3) is 12.3 Å². The van der Waals surface area contributed by atoms with Crippen LogP contribution in [0.3, 0.4) is 0 Å². The van der Waals surface area contributed by atoms with Crippen LogP contribution in [-0.4, -0.2) is 44.9 Å². The van der Waals surface area contributed by atoms with Gasteiger partial charge in [-0.1, -0.05) is 35.9 Å². The summed E-state index contributed by atoms with van der Waals surface area (Å²) >= 11 is 5.72. The van der Waals surface area contributed by atoms with Gasteiger partial charge in [-0.3, -0.25) is 19.3 Å². The number of hydrogen-bond donors (Lipinski definition) is 1. The van der Waals surface area contributed by atoms with Crippen LogP contribution in [0.15, 0.2) is 36.5 Å². The fourth-order valence-corrected chi connectivity index (χ4v) is 4.34. The summed E-state index contributed by atoms with van der Waals surface area (Å²) < 4.78 is 40.1. The summed E-state index contributed by atoms with van der Waals surface area (Å²) in [5, 5.41) is 9.34. The Bertz CT molecular complexity index is 1090. The highest BCUT2D eigenvalue weighted by Gasteiger charge is 2.62. The molecule has 0 unspecified atom stereocenters. The van der Waals surface area contributed by atoms with Gasteiger partial charge in [0, 0.05) is 18.3 Å². The van der Waals surface area contributed by atoms with Crippen molar-refractivity contribution in [1.29, 1.82) is 0 Å². The highest BCUT2D eigenvalue weighted by atomic mass is 35.5. The molecular weight excluding hydrogens is 451 g/mol. The number of hydrogen-bond acceptors (Lipinski definition) is 4. The van der Waals surface area contributed by atoms with E-state index >= 15 is 0 Å². The third-order valence-electron chi connectivity index (χ3n) is 5.89. The lowest BCUT2D eigenvalue weighted by atomic mass is 9.65. The second-order valence-electron chi connectivity index (χ2n) is 7.85. The third kappa shape index (κ3) is 3.68. The third-order valence-corrected chi connectivity index (χ3v) is 6.09. The number of anilines is 1. The molecule has 1 saturated carbocycles. The molecule has 4 rings (SSSR count). The molecule has 1 aromatic carbocycles. The lowest BCUT2D eigenvalue weighted by molar-refractivity contribution is -0.169. The summed E-state index contributed by atoms with van der Waals surface area (Å²) in [7, 11) is 0. The summed E-state index contributed by atoms with van der Waals surface area (Å²) in [6, 6.07) is 6.26. The van der Waals surface area contributed by atoms with Crippen LogP contribution in [0, 0.1) is 11.7 Å². The lowest BCUT2D eigenvalue weighted by Gasteiger charge is -2.55. The van der Waals surface area contributed by atoms with Crippen LogP contribution >= 0.6 is 11.6 Å². The highest BCUT2D eigenvalue weighted by molar-refractivity contribution is 6.30. The van der Waals surface area contributed by atoms with Gasteiger partial charge in [-0.05, 0) is 24.5 Å². The number of nitrogens with zero attached hydrogens (tertiary/aromatic N) is 3. The van der Waals surface area contributed by atoms with Crippen LogP contribution < -0.4 is 4.90 Å². The largest absolute Gasteiger partial charge is 0.481 e. The number of carboxylic acids is 1. The summed E-state index contributed by atoms with van der Waals surface area (Å²) in [6.45, 7) is -0.580. The number of pyridine rings is 1. The first-order chi connectivity index (χ1) is 15.1. The van der Waals surface area contributed by atoms with Crippen LogP contribution in [-0.2, 0) is 20.9 Å². The van der Waals surface area contributed by atoms with E-state index in [1.54, 1.807) is 0 Å². The predicted octanol–water partition coefficient (Wildman–Crippen LogP) is 3.42. The summed E-state index contributed by atoms with van der Waals surface area (Å²) in [5.41, 5.74) is -1.18. The SMILES string of the molecule is O=C1CN(c2ncc(Cl)cc2F)C(=O)[C@]2(C[C@@H](C(=O)O)C2)N1Cc1ccc(C(F)F)cc1. The van der Waals surface area contributed by atoms with Gasteiger partial charge in [-0.2, -0.15) is 0 Å². The molecule has 0 atom stereocenters. The van der Waals surface area contributed by atoms with Crippen LogP contribution in [0.5, 0.6) is 0 Å². The van der Waals surface area contributed by atoms with Gasteiger partial charge >= 0.3 is 5.97 Å². The van der Waals surface area contributed by atoms with Crippen molar-refractivity contribution >= 4 is 35.2 Å². The number of carbonyl (C=O) groups is 3. The molecule has 168 valence electrons. The number of rotatable bonds is 5. The molecular formula is C21H17ClF3N3O4. The van der Waals surface area contributed by atoms with E-state index in [1.165, 1.54) is 29.2 Å². The Labute approximate surface area is 185 Å². The number of aliphatic carboxylic acids is 1. The fourth-order valence-electron chi connectivity index (χ4n) is 4.19. The lowest BCUT2D eigenvalue weighted by Crippen LogP contribution is -2.73. The summed E-state index contributed by atoms with van der Waals surface area (Å²) in [5.74, 6) is -4.40. The smallest absolute Gasteiger partial charge is 0.306 e. The average molecular weight is 468 g/mol. The molecule has 11 heteroatoms. The molecule has 1 spiro atoms. The van der Waals surface area contributed by atoms with E-state index in [-0.39, 0.29) is 35.8 Å². The molecule has 0 bridgehead atoms. The number of alkyl halides is 2. The molecule has 7 nitrogen and oxygen atoms in total. The first kappa shape index (κ1) is 22.1. The Hall–Kier alpha value is -3.14. The van der Waals surface area contributed by atoms with Gasteiger partial charge in [-0.25, -0.2) is 18.2 Å². The molecule has 2 amide bonds. The zero-order valence-electron chi connectivity index (χ0n) is 16.5. The Kier molecular flexibility index (Phi) is 5.58. The van der Waals surface area contributed by atoms with Gasteiger partial charge in [0.2, 0.25) is 5.91 Å². The number of piperazine rings is 1. The number of aromatic nitrogens is 1. The molecule has 1 aliphatic carbocycles. The standard InChI is InChI=1S/C21H17ClF3N3O4/c22-14-5-15(23)18(26-8-14)27-10-16(29)28(9-11-1-3-12(4-2-11)17(24)25)21(20(27)32)6-13(7-21)19(30)31/h1-5,8,13,17H,6-7,9-10H2,(H,30,31)/t13-,21-. The van der Waals surface area contributed by atoms with E-state index in [0.717, 1.165) is 17.2 Å². The molecule has 1 aliphatic heterocycles. The number of carboxylic acid groups (broad SMARTS) is 1. The van der Waals surface area contributed by atoms with E-state index in [4.69, 9.17) is 11.6 Å². The van der Waals surface area contributed by atoms with E-state index in [0.29, 0.717) is 5.56 Å². The summed E-state index contributed by atoms with van der Waals surface area (Å²) in [4.78, 5) is 43.9. The van der Waals surface area contributed by atoms with Crippen molar-refractivity contribution in [3.63, 3.8) is 0 Å². The molecule has 2 aliphatic rings. The van der Waals surface area contributed by atoms with Crippen LogP contribution in [0.2, 0.25) is 5.02 Å². The second-order valence-corrected chi connectivity index (χ2v) is 8.28. The van der Waals surface area contributed by atoms with Gasteiger partial charge in [0.15, 0.2) is 11.6 Å². The molecule has 0 radical (unpaired) electrons. The van der Waals surface area contributed by atoms with Gasteiger partial charge < -0.3 is 10.0 Å². The monoisotopic (exact) mass is 467 g/mol. The van der Waals surface area contributed by atoms with Gasteiger partial charge in [0.05, 0.1) is 10.9 Å². The highest BCUT2D eigenvalue weighted by Crippen LogP contribution is 2.47. The quantitative estimate of drug-likeness (QED) is 0.727. The number of amides is 2. The Morgan fingerprint density at radius 1 is 1.25 bits per heavy atom. The van der Waals surface area contributed by atoms with Crippen molar-refractivity contribution in [2.45, 2.75) is 31.4 Å². The Morgan fingerprint density at radius 3 is 2.47 bits per heavy atom. The van der Waals surface area contributed by atoms with Gasteiger partial charge in [-0.15, -0.1) is 0 Å². The zero-order chi connectivity index (χ0) is 23.2. The minimum absolute atomic E-state index is 0.0141. The minimum atomic E-state index is -2.65.